The number of allylic oxidation sites excluding steroid dienone is 1. The molecule has 3 N–H and O–H groups in total. The lowest BCUT2D eigenvalue weighted by Crippen LogP contribution is -2.21. The van der Waals surface area contributed by atoms with Crippen LogP contribution < -0.4 is 15.2 Å². The van der Waals surface area contributed by atoms with Gasteiger partial charge in [0.25, 0.3) is 0 Å². The number of benzene rings is 2. The van der Waals surface area contributed by atoms with E-state index in [9.17, 15) is 9.65 Å². The maximum absolute atomic E-state index is 14.6. The van der Waals surface area contributed by atoms with Gasteiger partial charge in [0.15, 0.2) is 0 Å². The van der Waals surface area contributed by atoms with Gasteiger partial charge in [-0.15, -0.1) is 5.10 Å². The van der Waals surface area contributed by atoms with E-state index in [4.69, 9.17) is 15.2 Å². The smallest absolute Gasteiger partial charge is 0.244 e. The summed E-state index contributed by atoms with van der Waals surface area (Å²) in [5, 5.41) is 16.7. The number of nitrogens with two attached hydrogens (primary N) is 1. The minimum atomic E-state index is -0.726. The number of rotatable bonds is 3. The summed E-state index contributed by atoms with van der Waals surface area (Å²) >= 11 is 0. The quantitative estimate of drug-likeness (QED) is 0.744. The van der Waals surface area contributed by atoms with Gasteiger partial charge >= 0.3 is 0 Å². The summed E-state index contributed by atoms with van der Waals surface area (Å²) in [6.07, 6.45) is 0. The first-order valence-corrected chi connectivity index (χ1v) is 8.18. The minimum Gasteiger partial charge on any atom is -0.497 e. The van der Waals surface area contributed by atoms with Gasteiger partial charge in [-0.2, -0.15) is 5.26 Å². The van der Waals surface area contributed by atoms with Gasteiger partial charge in [0.1, 0.15) is 23.2 Å². The zero-order chi connectivity index (χ0) is 19.0. The van der Waals surface area contributed by atoms with Crippen molar-refractivity contribution in [3.05, 3.63) is 76.9 Å². The fraction of sp³-hybridized carbons (Fsp3) is 0.100. The molecule has 0 spiro atoms. The first kappa shape index (κ1) is 16.7. The van der Waals surface area contributed by atoms with Crippen LogP contribution in [-0.4, -0.2) is 17.3 Å². The van der Waals surface area contributed by atoms with Crippen molar-refractivity contribution < 1.29 is 13.9 Å². The molecule has 2 aromatic carbocycles. The van der Waals surface area contributed by atoms with Crippen molar-refractivity contribution in [1.29, 1.82) is 5.26 Å². The molecule has 7 heteroatoms. The minimum absolute atomic E-state index is 0.0777. The summed E-state index contributed by atoms with van der Waals surface area (Å²) in [6.45, 7) is 0. The zero-order valence-electron chi connectivity index (χ0n) is 14.4. The van der Waals surface area contributed by atoms with Crippen molar-refractivity contribution in [1.82, 2.24) is 10.2 Å². The summed E-state index contributed by atoms with van der Waals surface area (Å²) in [5.74, 6) is -0.305. The number of methoxy groups -OCH3 is 1. The number of aromatic nitrogens is 2. The molecule has 1 atom stereocenters. The first-order chi connectivity index (χ1) is 13.1. The fourth-order valence-electron chi connectivity index (χ4n) is 3.24. The summed E-state index contributed by atoms with van der Waals surface area (Å²) < 4.78 is 25.3. The Labute approximate surface area is 154 Å². The molecule has 1 aliphatic heterocycles. The molecular weight excluding hydrogens is 347 g/mol. The zero-order valence-corrected chi connectivity index (χ0v) is 14.4. The van der Waals surface area contributed by atoms with E-state index in [2.05, 4.69) is 16.3 Å². The highest BCUT2D eigenvalue weighted by Gasteiger charge is 2.36. The standard InChI is InChI=1S/C20H15FN4O2/c1-26-12-8-6-11(7-9-12)18-17-16(13-4-2-3-5-15(13)21)14(10-22)19(23)27-20(17)25-24-18/h2-9,16H,23H2,1H3,(H,24,25)/t16-/m0/s1. The van der Waals surface area contributed by atoms with Gasteiger partial charge in [-0.3, -0.25) is 5.10 Å². The van der Waals surface area contributed by atoms with Crippen LogP contribution in [0.25, 0.3) is 11.3 Å². The summed E-state index contributed by atoms with van der Waals surface area (Å²) in [6, 6.07) is 15.6. The molecule has 0 radical (unpaired) electrons. The molecule has 1 aromatic heterocycles. The van der Waals surface area contributed by atoms with E-state index in [1.807, 2.05) is 12.1 Å². The average Bonchev–Trinajstić information content (AvgIpc) is 3.11. The van der Waals surface area contributed by atoms with Crippen LogP contribution in [0.3, 0.4) is 0 Å². The van der Waals surface area contributed by atoms with Crippen molar-refractivity contribution in [3.63, 3.8) is 0 Å². The number of aromatic amines is 1. The van der Waals surface area contributed by atoms with Gasteiger partial charge in [0.2, 0.25) is 11.8 Å². The molecule has 27 heavy (non-hydrogen) atoms. The number of H-pyrrole nitrogens is 1. The van der Waals surface area contributed by atoms with E-state index < -0.39 is 11.7 Å². The predicted molar refractivity (Wildman–Crippen MR) is 96.3 cm³/mol. The van der Waals surface area contributed by atoms with Crippen LogP contribution in [0.2, 0.25) is 0 Å². The Balaban J connectivity index is 1.93. The fourth-order valence-corrected chi connectivity index (χ4v) is 3.24. The van der Waals surface area contributed by atoms with Gasteiger partial charge in [0.05, 0.1) is 24.3 Å². The Hall–Kier alpha value is -3.79. The average molecular weight is 362 g/mol. The summed E-state index contributed by atoms with van der Waals surface area (Å²) in [4.78, 5) is 0. The van der Waals surface area contributed by atoms with Gasteiger partial charge in [-0.25, -0.2) is 4.39 Å². The molecular formula is C20H15FN4O2. The van der Waals surface area contributed by atoms with Gasteiger partial charge < -0.3 is 15.2 Å². The van der Waals surface area contributed by atoms with E-state index in [0.717, 1.165) is 5.56 Å². The van der Waals surface area contributed by atoms with Gasteiger partial charge in [-0.1, -0.05) is 18.2 Å². The second-order valence-electron chi connectivity index (χ2n) is 5.99. The predicted octanol–water partition coefficient (Wildman–Crippen LogP) is 3.44. The number of nitrogens with one attached hydrogen (secondary N) is 1. The first-order valence-electron chi connectivity index (χ1n) is 8.18. The highest BCUT2D eigenvalue weighted by molar-refractivity contribution is 5.71. The maximum Gasteiger partial charge on any atom is 0.244 e. The lowest BCUT2D eigenvalue weighted by Gasteiger charge is -2.24. The molecule has 0 aliphatic carbocycles. The third-order valence-corrected chi connectivity index (χ3v) is 4.53. The number of fused-ring (bicyclic) bond motifs is 1. The molecule has 0 amide bonds. The largest absolute Gasteiger partial charge is 0.497 e. The summed E-state index contributed by atoms with van der Waals surface area (Å²) in [5.41, 5.74) is 8.37. The number of ether oxygens (including phenoxy) is 2. The molecule has 6 nitrogen and oxygen atoms in total. The Morgan fingerprint density at radius 3 is 2.63 bits per heavy atom. The number of nitriles is 1. The molecule has 4 rings (SSSR count). The van der Waals surface area contributed by atoms with Crippen LogP contribution in [0.1, 0.15) is 17.0 Å². The van der Waals surface area contributed by atoms with Crippen LogP contribution in [0.5, 0.6) is 11.6 Å². The summed E-state index contributed by atoms with van der Waals surface area (Å²) in [7, 11) is 1.59. The Morgan fingerprint density at radius 2 is 1.96 bits per heavy atom. The van der Waals surface area contributed by atoms with E-state index >= 15 is 0 Å². The molecule has 2 heterocycles. The molecule has 3 aromatic rings. The normalized spacial score (nSPS) is 15.7. The molecule has 1 aliphatic rings. The molecule has 0 unspecified atom stereocenters. The number of hydrogen-bond donors (Lipinski definition) is 2. The van der Waals surface area contributed by atoms with Crippen molar-refractivity contribution in [2.45, 2.75) is 5.92 Å². The van der Waals surface area contributed by atoms with Crippen molar-refractivity contribution in [2.24, 2.45) is 5.73 Å². The Kier molecular flexibility index (Phi) is 4.01. The maximum atomic E-state index is 14.6. The van der Waals surface area contributed by atoms with E-state index in [1.165, 1.54) is 6.07 Å². The van der Waals surface area contributed by atoms with Crippen molar-refractivity contribution in [2.75, 3.05) is 7.11 Å². The molecule has 0 bridgehead atoms. The van der Waals surface area contributed by atoms with E-state index in [-0.39, 0.29) is 17.3 Å². The number of nitrogens with zero attached hydrogens (tertiary/aromatic N) is 2. The van der Waals surface area contributed by atoms with Gasteiger partial charge in [-0.05, 0) is 30.3 Å². The molecule has 134 valence electrons. The van der Waals surface area contributed by atoms with Crippen LogP contribution in [0, 0.1) is 17.1 Å². The third kappa shape index (κ3) is 2.68. The number of halogens is 1. The lowest BCUT2D eigenvalue weighted by molar-refractivity contribution is 0.378. The Bertz CT molecular complexity index is 1080. The topological polar surface area (TPSA) is 97.0 Å². The highest BCUT2D eigenvalue weighted by Crippen LogP contribution is 2.46. The second-order valence-corrected chi connectivity index (χ2v) is 5.99. The molecule has 0 saturated heterocycles. The number of hydrogen-bond acceptors (Lipinski definition) is 5. The van der Waals surface area contributed by atoms with Crippen LogP contribution in [0.4, 0.5) is 4.39 Å². The highest BCUT2D eigenvalue weighted by atomic mass is 19.1. The van der Waals surface area contributed by atoms with Crippen LogP contribution in [-0.2, 0) is 0 Å². The SMILES string of the molecule is COc1ccc(-c2[nH]nc3c2[C@@H](c2ccccc2F)C(C#N)=C(N)O3)cc1. The van der Waals surface area contributed by atoms with E-state index in [0.29, 0.717) is 22.6 Å². The van der Waals surface area contributed by atoms with Crippen molar-refractivity contribution in [3.8, 4) is 29.0 Å². The van der Waals surface area contributed by atoms with Gasteiger partial charge in [0, 0.05) is 11.1 Å². The van der Waals surface area contributed by atoms with E-state index in [1.54, 1.807) is 37.4 Å². The lowest BCUT2D eigenvalue weighted by atomic mass is 9.83. The van der Waals surface area contributed by atoms with Crippen molar-refractivity contribution >= 4 is 0 Å². The van der Waals surface area contributed by atoms with Crippen LogP contribution >= 0.6 is 0 Å². The molecule has 0 saturated carbocycles. The monoisotopic (exact) mass is 362 g/mol. The molecule has 0 fully saturated rings. The third-order valence-electron chi connectivity index (χ3n) is 4.53. The second kappa shape index (κ2) is 6.50. The Morgan fingerprint density at radius 1 is 1.22 bits per heavy atom. The van der Waals surface area contributed by atoms with Crippen LogP contribution in [0.15, 0.2) is 60.0 Å².